The van der Waals surface area contributed by atoms with Crippen LogP contribution in [0.2, 0.25) is 5.02 Å². The van der Waals surface area contributed by atoms with Gasteiger partial charge in [-0.1, -0.05) is 48.0 Å². The van der Waals surface area contributed by atoms with Crippen molar-refractivity contribution in [3.63, 3.8) is 0 Å². The number of hydrogen-bond donors (Lipinski definition) is 2. The quantitative estimate of drug-likeness (QED) is 0.322. The average Bonchev–Trinajstić information content (AvgIpc) is 3.22. The summed E-state index contributed by atoms with van der Waals surface area (Å²) in [5, 5.41) is 7.46. The minimum atomic E-state index is -0.408. The molecule has 3 aromatic carbocycles. The molecule has 7 nitrogen and oxygen atoms in total. The second kappa shape index (κ2) is 11.6. The first-order chi connectivity index (χ1) is 17.0. The van der Waals surface area contributed by atoms with Gasteiger partial charge in [-0.3, -0.25) is 14.9 Å². The lowest BCUT2D eigenvalue weighted by molar-refractivity contribution is -0.115. The largest absolute Gasteiger partial charge is 0.490 e. The van der Waals surface area contributed by atoms with E-state index in [2.05, 4.69) is 15.8 Å². The molecule has 0 aromatic heterocycles. The summed E-state index contributed by atoms with van der Waals surface area (Å²) in [5.41, 5.74) is 4.66. The summed E-state index contributed by atoms with van der Waals surface area (Å²) >= 11 is 6.97. The van der Waals surface area contributed by atoms with Crippen LogP contribution in [0.1, 0.15) is 28.4 Å². The third kappa shape index (κ3) is 6.65. The van der Waals surface area contributed by atoms with Crippen molar-refractivity contribution in [3.05, 3.63) is 99.4 Å². The highest BCUT2D eigenvalue weighted by atomic mass is 35.5. The van der Waals surface area contributed by atoms with Gasteiger partial charge in [0.15, 0.2) is 16.7 Å². The van der Waals surface area contributed by atoms with Crippen molar-refractivity contribution < 1.29 is 19.1 Å². The molecule has 1 fully saturated rings. The second-order valence-electron chi connectivity index (χ2n) is 7.34. The molecule has 2 N–H and O–H groups in total. The molecule has 0 unspecified atom stereocenters. The minimum absolute atomic E-state index is 0.274. The van der Waals surface area contributed by atoms with Gasteiger partial charge in [0.05, 0.1) is 11.5 Å². The molecular formula is C26H22ClN3O4S. The Morgan fingerprint density at radius 2 is 1.83 bits per heavy atom. The fraction of sp³-hybridized carbons (Fsp3) is 0.115. The molecule has 0 saturated carbocycles. The molecule has 1 heterocycles. The van der Waals surface area contributed by atoms with Gasteiger partial charge >= 0.3 is 0 Å². The van der Waals surface area contributed by atoms with Crippen molar-refractivity contribution in [1.82, 2.24) is 10.7 Å². The number of amides is 2. The normalized spacial score (nSPS) is 15.2. The summed E-state index contributed by atoms with van der Waals surface area (Å²) < 4.78 is 11.7. The molecule has 4 rings (SSSR count). The number of hydrogen-bond acceptors (Lipinski definition) is 6. The highest BCUT2D eigenvalue weighted by molar-refractivity contribution is 8.18. The Labute approximate surface area is 212 Å². The number of amidine groups is 1. The third-order valence-electron chi connectivity index (χ3n) is 4.82. The van der Waals surface area contributed by atoms with Crippen molar-refractivity contribution in [1.29, 1.82) is 0 Å². The van der Waals surface area contributed by atoms with Crippen molar-refractivity contribution >= 4 is 46.4 Å². The van der Waals surface area contributed by atoms with E-state index in [1.165, 1.54) is 0 Å². The van der Waals surface area contributed by atoms with Gasteiger partial charge < -0.3 is 9.47 Å². The second-order valence-corrected chi connectivity index (χ2v) is 8.81. The summed E-state index contributed by atoms with van der Waals surface area (Å²) in [7, 11) is 0. The van der Waals surface area contributed by atoms with E-state index in [9.17, 15) is 9.59 Å². The number of thioether (sulfide) groups is 1. The van der Waals surface area contributed by atoms with Gasteiger partial charge in [-0.15, -0.1) is 5.10 Å². The zero-order valence-corrected chi connectivity index (χ0v) is 20.4. The first-order valence-electron chi connectivity index (χ1n) is 10.8. The number of halogens is 1. The third-order valence-corrected chi connectivity index (χ3v) is 5.98. The van der Waals surface area contributed by atoms with Crippen molar-refractivity contribution in [2.24, 2.45) is 5.10 Å². The molecule has 9 heteroatoms. The number of nitrogens with one attached hydrogen (secondary N) is 2. The van der Waals surface area contributed by atoms with E-state index in [-0.39, 0.29) is 11.1 Å². The summed E-state index contributed by atoms with van der Waals surface area (Å²) in [5.74, 6) is 0.490. The van der Waals surface area contributed by atoms with Gasteiger partial charge in [-0.2, -0.15) is 0 Å². The standard InChI is InChI=1S/C26H22ClN3O4S/c1-2-33-22-14-18(8-13-21(22)34-16-17-6-4-3-5-7-17)15-23-25(32)28-26(35-23)30-29-24(31)19-9-11-20(27)12-10-19/h3-15H,2,16H2,1H3,(H,29,31)(H,28,30,32)/b23-15-. The van der Waals surface area contributed by atoms with Gasteiger partial charge in [-0.25, -0.2) is 5.43 Å². The molecule has 35 heavy (non-hydrogen) atoms. The molecule has 1 aliphatic rings. The van der Waals surface area contributed by atoms with Crippen molar-refractivity contribution in [2.45, 2.75) is 13.5 Å². The Morgan fingerprint density at radius 3 is 2.57 bits per heavy atom. The fourth-order valence-corrected chi connectivity index (χ4v) is 4.04. The van der Waals surface area contributed by atoms with Crippen LogP contribution in [-0.4, -0.2) is 23.6 Å². The lowest BCUT2D eigenvalue weighted by Crippen LogP contribution is -2.25. The summed E-state index contributed by atoms with van der Waals surface area (Å²) in [6, 6.07) is 21.8. The van der Waals surface area contributed by atoms with Crippen molar-refractivity contribution in [2.75, 3.05) is 6.61 Å². The molecule has 2 amide bonds. The van der Waals surface area contributed by atoms with Crippen molar-refractivity contribution in [3.8, 4) is 11.5 Å². The molecule has 1 aliphatic heterocycles. The summed E-state index contributed by atoms with van der Waals surface area (Å²) in [6.07, 6.45) is 1.73. The number of rotatable bonds is 8. The van der Waals surface area contributed by atoms with Crippen LogP contribution in [0.5, 0.6) is 11.5 Å². The van der Waals surface area contributed by atoms with Crippen LogP contribution >= 0.6 is 23.4 Å². The van der Waals surface area contributed by atoms with Crippen LogP contribution in [0.15, 0.2) is 82.8 Å². The zero-order valence-electron chi connectivity index (χ0n) is 18.8. The molecular weight excluding hydrogens is 486 g/mol. The van der Waals surface area contributed by atoms with E-state index in [1.54, 1.807) is 30.3 Å². The molecule has 1 saturated heterocycles. The smallest absolute Gasteiger partial charge is 0.271 e. The number of carbonyl (C=O) groups is 2. The maximum atomic E-state index is 12.4. The average molecular weight is 508 g/mol. The van der Waals surface area contributed by atoms with Crippen LogP contribution in [0.25, 0.3) is 6.08 Å². The summed E-state index contributed by atoms with van der Waals surface area (Å²) in [6.45, 7) is 2.79. The van der Waals surface area contributed by atoms with Crippen LogP contribution < -0.4 is 20.2 Å². The van der Waals surface area contributed by atoms with Gasteiger partial charge in [0.1, 0.15) is 6.61 Å². The molecule has 0 radical (unpaired) electrons. The zero-order chi connectivity index (χ0) is 24.6. The maximum absolute atomic E-state index is 12.4. The van der Waals surface area contributed by atoms with Crippen LogP contribution in [0, 0.1) is 0 Å². The van der Waals surface area contributed by atoms with E-state index in [1.807, 2.05) is 55.5 Å². The Kier molecular flexibility index (Phi) is 8.07. The topological polar surface area (TPSA) is 89.0 Å². The van der Waals surface area contributed by atoms with E-state index in [0.717, 1.165) is 22.9 Å². The number of carbonyl (C=O) groups excluding carboxylic acids is 2. The minimum Gasteiger partial charge on any atom is -0.490 e. The molecule has 0 bridgehead atoms. The Hall–Kier alpha value is -3.75. The van der Waals surface area contributed by atoms with E-state index < -0.39 is 5.91 Å². The van der Waals surface area contributed by atoms with Crippen LogP contribution in [0.3, 0.4) is 0 Å². The fourth-order valence-electron chi connectivity index (χ4n) is 3.14. The Bertz CT molecular complexity index is 1280. The van der Waals surface area contributed by atoms with Gasteiger partial charge in [0.25, 0.3) is 11.8 Å². The first-order valence-corrected chi connectivity index (χ1v) is 12.0. The van der Waals surface area contributed by atoms with Gasteiger partial charge in [0, 0.05) is 10.6 Å². The van der Waals surface area contributed by atoms with E-state index in [4.69, 9.17) is 21.1 Å². The molecule has 3 aromatic rings. The van der Waals surface area contributed by atoms with Gasteiger partial charge in [-0.05, 0) is 72.3 Å². The SMILES string of the molecule is CCOc1cc(/C=C2\S/C(=N\NC(=O)c3ccc(Cl)cc3)NC2=O)ccc1OCc1ccccc1. The van der Waals surface area contributed by atoms with Crippen LogP contribution in [-0.2, 0) is 11.4 Å². The molecule has 0 aliphatic carbocycles. The predicted molar refractivity (Wildman–Crippen MR) is 138 cm³/mol. The Morgan fingerprint density at radius 1 is 1.06 bits per heavy atom. The lowest BCUT2D eigenvalue weighted by atomic mass is 10.2. The predicted octanol–water partition coefficient (Wildman–Crippen LogP) is 5.22. The van der Waals surface area contributed by atoms with Gasteiger partial charge in [0.2, 0.25) is 0 Å². The number of hydrazone groups is 1. The number of ether oxygens (including phenoxy) is 2. The van der Waals surface area contributed by atoms with E-state index in [0.29, 0.717) is 40.2 Å². The molecule has 178 valence electrons. The molecule has 0 spiro atoms. The number of benzene rings is 3. The first kappa shape index (κ1) is 24.4. The highest BCUT2D eigenvalue weighted by Crippen LogP contribution is 2.32. The highest BCUT2D eigenvalue weighted by Gasteiger charge is 2.24. The monoisotopic (exact) mass is 507 g/mol. The van der Waals surface area contributed by atoms with Crippen LogP contribution in [0.4, 0.5) is 0 Å². The summed E-state index contributed by atoms with van der Waals surface area (Å²) in [4.78, 5) is 25.1. The molecule has 0 atom stereocenters. The maximum Gasteiger partial charge on any atom is 0.271 e. The lowest BCUT2D eigenvalue weighted by Gasteiger charge is -2.13. The van der Waals surface area contributed by atoms with E-state index >= 15 is 0 Å². The Balaban J connectivity index is 1.43. The number of nitrogens with zero attached hydrogens (tertiary/aromatic N) is 1.